The van der Waals surface area contributed by atoms with E-state index >= 15 is 0 Å². The topological polar surface area (TPSA) is 27.3 Å². The quantitative estimate of drug-likeness (QED) is 0.755. The smallest absolute Gasteiger partial charge is 0.0383 e. The van der Waals surface area contributed by atoms with Crippen molar-refractivity contribution in [3.63, 3.8) is 0 Å². The van der Waals surface area contributed by atoms with Crippen LogP contribution in [0.3, 0.4) is 0 Å². The minimum atomic E-state index is 0.949. The van der Waals surface area contributed by atoms with E-state index in [2.05, 4.69) is 39.8 Å². The molecule has 1 aromatic carbocycles. The number of hydrogen-bond donors (Lipinski definition) is 2. The average molecular weight is 247 g/mol. The first kappa shape index (κ1) is 13.4. The highest BCUT2D eigenvalue weighted by atomic mass is 15.1. The minimum Gasteiger partial charge on any atom is -0.388 e. The molecule has 0 aromatic heterocycles. The van der Waals surface area contributed by atoms with E-state index in [1.165, 1.54) is 50.1 Å². The van der Waals surface area contributed by atoms with Gasteiger partial charge in [0.25, 0.3) is 0 Å². The highest BCUT2D eigenvalue weighted by Gasteiger charge is 2.08. The van der Waals surface area contributed by atoms with Crippen molar-refractivity contribution in [2.24, 2.45) is 0 Å². The van der Waals surface area contributed by atoms with Gasteiger partial charge in [0, 0.05) is 32.4 Å². The van der Waals surface area contributed by atoms with Crippen LogP contribution in [0.5, 0.6) is 0 Å². The third-order valence-electron chi connectivity index (χ3n) is 3.66. The van der Waals surface area contributed by atoms with Gasteiger partial charge in [0.2, 0.25) is 0 Å². The molecule has 3 heteroatoms. The van der Waals surface area contributed by atoms with Crippen LogP contribution in [0.1, 0.15) is 24.8 Å². The molecule has 18 heavy (non-hydrogen) atoms. The standard InChI is InChI=1S/C15H25N3/c1-16-15-8-4-3-7-14(15)13-17-9-12-18-10-5-2-6-11-18/h3-4,7-8,16-17H,2,5-6,9-13H2,1H3. The van der Waals surface area contributed by atoms with Crippen LogP contribution in [0.15, 0.2) is 24.3 Å². The van der Waals surface area contributed by atoms with Crippen molar-refractivity contribution in [2.75, 3.05) is 38.5 Å². The summed E-state index contributed by atoms with van der Waals surface area (Å²) >= 11 is 0. The summed E-state index contributed by atoms with van der Waals surface area (Å²) in [6.07, 6.45) is 4.17. The van der Waals surface area contributed by atoms with Gasteiger partial charge in [-0.05, 0) is 37.6 Å². The van der Waals surface area contributed by atoms with Crippen molar-refractivity contribution in [3.8, 4) is 0 Å². The molecule has 0 spiro atoms. The van der Waals surface area contributed by atoms with Crippen LogP contribution in [0, 0.1) is 0 Å². The summed E-state index contributed by atoms with van der Waals surface area (Å²) in [7, 11) is 1.98. The molecule has 1 aliphatic rings. The number of benzene rings is 1. The molecule has 0 aliphatic carbocycles. The number of piperidine rings is 1. The fourth-order valence-electron chi connectivity index (χ4n) is 2.56. The summed E-state index contributed by atoms with van der Waals surface area (Å²) in [6, 6.07) is 8.48. The summed E-state index contributed by atoms with van der Waals surface area (Å²) in [5.74, 6) is 0. The van der Waals surface area contributed by atoms with Gasteiger partial charge in [-0.2, -0.15) is 0 Å². The second kappa shape index (κ2) is 7.39. The van der Waals surface area contributed by atoms with E-state index in [0.29, 0.717) is 0 Å². The molecular weight excluding hydrogens is 222 g/mol. The predicted octanol–water partition coefficient (Wildman–Crippen LogP) is 2.30. The molecule has 1 aromatic rings. The van der Waals surface area contributed by atoms with Crippen LogP contribution >= 0.6 is 0 Å². The highest BCUT2D eigenvalue weighted by Crippen LogP contribution is 2.13. The first-order chi connectivity index (χ1) is 8.90. The van der Waals surface area contributed by atoms with Gasteiger partial charge < -0.3 is 15.5 Å². The Labute approximate surface area is 111 Å². The Bertz CT molecular complexity index is 345. The average Bonchev–Trinajstić information content (AvgIpc) is 2.45. The molecule has 2 N–H and O–H groups in total. The van der Waals surface area contributed by atoms with Crippen molar-refractivity contribution >= 4 is 5.69 Å². The Morgan fingerprint density at radius 3 is 2.67 bits per heavy atom. The highest BCUT2D eigenvalue weighted by molar-refractivity contribution is 5.50. The Morgan fingerprint density at radius 2 is 1.89 bits per heavy atom. The van der Waals surface area contributed by atoms with Gasteiger partial charge in [0.05, 0.1) is 0 Å². The van der Waals surface area contributed by atoms with Crippen molar-refractivity contribution in [3.05, 3.63) is 29.8 Å². The fourth-order valence-corrected chi connectivity index (χ4v) is 2.56. The summed E-state index contributed by atoms with van der Waals surface area (Å²) in [4.78, 5) is 2.57. The van der Waals surface area contributed by atoms with E-state index < -0.39 is 0 Å². The Balaban J connectivity index is 1.68. The molecule has 0 bridgehead atoms. The number of likely N-dealkylation sites (tertiary alicyclic amines) is 1. The van der Waals surface area contributed by atoms with Crippen LogP contribution in [-0.4, -0.2) is 38.1 Å². The second-order valence-corrected chi connectivity index (χ2v) is 4.99. The zero-order valence-electron chi connectivity index (χ0n) is 11.4. The van der Waals surface area contributed by atoms with Crippen LogP contribution in [0.4, 0.5) is 5.69 Å². The third kappa shape index (κ3) is 4.00. The molecule has 2 rings (SSSR count). The number of anilines is 1. The van der Waals surface area contributed by atoms with Gasteiger partial charge in [0.1, 0.15) is 0 Å². The Kier molecular flexibility index (Phi) is 5.49. The van der Waals surface area contributed by atoms with Crippen LogP contribution < -0.4 is 10.6 Å². The third-order valence-corrected chi connectivity index (χ3v) is 3.66. The van der Waals surface area contributed by atoms with Crippen LogP contribution in [0.25, 0.3) is 0 Å². The van der Waals surface area contributed by atoms with E-state index in [1.807, 2.05) is 7.05 Å². The molecule has 0 atom stereocenters. The lowest BCUT2D eigenvalue weighted by Gasteiger charge is -2.26. The summed E-state index contributed by atoms with van der Waals surface area (Å²) < 4.78 is 0. The van der Waals surface area contributed by atoms with Gasteiger partial charge in [-0.1, -0.05) is 24.6 Å². The van der Waals surface area contributed by atoms with E-state index in [4.69, 9.17) is 0 Å². The molecule has 100 valence electrons. The molecule has 0 saturated carbocycles. The van der Waals surface area contributed by atoms with Crippen molar-refractivity contribution in [1.82, 2.24) is 10.2 Å². The van der Waals surface area contributed by atoms with Crippen molar-refractivity contribution in [1.29, 1.82) is 0 Å². The van der Waals surface area contributed by atoms with E-state index in [1.54, 1.807) is 0 Å². The zero-order chi connectivity index (χ0) is 12.6. The number of nitrogens with one attached hydrogen (secondary N) is 2. The largest absolute Gasteiger partial charge is 0.388 e. The lowest BCUT2D eigenvalue weighted by molar-refractivity contribution is 0.229. The fraction of sp³-hybridized carbons (Fsp3) is 0.600. The van der Waals surface area contributed by atoms with E-state index in [-0.39, 0.29) is 0 Å². The SMILES string of the molecule is CNc1ccccc1CNCCN1CCCCC1. The minimum absolute atomic E-state index is 0.949. The monoisotopic (exact) mass is 247 g/mol. The number of para-hydroxylation sites is 1. The van der Waals surface area contributed by atoms with Crippen LogP contribution in [0.2, 0.25) is 0 Å². The molecule has 1 aliphatic heterocycles. The summed E-state index contributed by atoms with van der Waals surface area (Å²) in [5.41, 5.74) is 2.57. The maximum Gasteiger partial charge on any atom is 0.0383 e. The second-order valence-electron chi connectivity index (χ2n) is 4.99. The molecule has 0 unspecified atom stereocenters. The van der Waals surface area contributed by atoms with E-state index in [0.717, 1.165) is 13.1 Å². The Morgan fingerprint density at radius 1 is 1.11 bits per heavy atom. The van der Waals surface area contributed by atoms with Gasteiger partial charge in [-0.3, -0.25) is 0 Å². The molecule has 0 amide bonds. The molecular formula is C15H25N3. The van der Waals surface area contributed by atoms with Crippen LogP contribution in [-0.2, 0) is 6.54 Å². The first-order valence-corrected chi connectivity index (χ1v) is 7.09. The van der Waals surface area contributed by atoms with Crippen molar-refractivity contribution < 1.29 is 0 Å². The summed E-state index contributed by atoms with van der Waals surface area (Å²) in [5, 5.41) is 6.78. The molecule has 1 fully saturated rings. The lowest BCUT2D eigenvalue weighted by Crippen LogP contribution is -2.35. The Hall–Kier alpha value is -1.06. The van der Waals surface area contributed by atoms with E-state index in [9.17, 15) is 0 Å². The molecule has 0 radical (unpaired) electrons. The number of rotatable bonds is 6. The molecule has 1 saturated heterocycles. The van der Waals surface area contributed by atoms with Gasteiger partial charge in [0.15, 0.2) is 0 Å². The number of hydrogen-bond acceptors (Lipinski definition) is 3. The first-order valence-electron chi connectivity index (χ1n) is 7.09. The van der Waals surface area contributed by atoms with Crippen molar-refractivity contribution in [2.45, 2.75) is 25.8 Å². The number of nitrogens with zero attached hydrogens (tertiary/aromatic N) is 1. The molecule has 3 nitrogen and oxygen atoms in total. The maximum atomic E-state index is 3.54. The normalized spacial score (nSPS) is 16.7. The maximum absolute atomic E-state index is 3.54. The predicted molar refractivity (Wildman–Crippen MR) is 78.0 cm³/mol. The van der Waals surface area contributed by atoms with Gasteiger partial charge in [-0.15, -0.1) is 0 Å². The summed E-state index contributed by atoms with van der Waals surface area (Å²) in [6.45, 7) is 5.79. The molecule has 1 heterocycles. The van der Waals surface area contributed by atoms with Gasteiger partial charge >= 0.3 is 0 Å². The van der Waals surface area contributed by atoms with Gasteiger partial charge in [-0.25, -0.2) is 0 Å². The lowest BCUT2D eigenvalue weighted by atomic mass is 10.1. The zero-order valence-corrected chi connectivity index (χ0v) is 11.4.